The highest BCUT2D eigenvalue weighted by atomic mass is 16.5. The Kier molecular flexibility index (Phi) is 7.40. The zero-order chi connectivity index (χ0) is 20.8. The molecule has 2 aromatic carbocycles. The minimum atomic E-state index is -0.518. The Balaban J connectivity index is 2.31. The van der Waals surface area contributed by atoms with Crippen LogP contribution in [0.1, 0.15) is 51.3 Å². The van der Waals surface area contributed by atoms with Gasteiger partial charge in [0.25, 0.3) is 0 Å². The van der Waals surface area contributed by atoms with E-state index in [9.17, 15) is 0 Å². The average molecular weight is 379 g/mol. The monoisotopic (exact) mass is 378 g/mol. The zero-order valence-corrected chi connectivity index (χ0v) is 17.9. The van der Waals surface area contributed by atoms with E-state index in [0.717, 1.165) is 17.5 Å². The summed E-state index contributed by atoms with van der Waals surface area (Å²) in [5.41, 5.74) is 2.49. The van der Waals surface area contributed by atoms with Crippen molar-refractivity contribution in [3.8, 4) is 0 Å². The van der Waals surface area contributed by atoms with E-state index in [1.54, 1.807) is 12.2 Å². The fourth-order valence-electron chi connectivity index (χ4n) is 3.51. The van der Waals surface area contributed by atoms with Crippen molar-refractivity contribution >= 4 is 0 Å². The van der Waals surface area contributed by atoms with E-state index in [1.165, 1.54) is 5.56 Å². The molecule has 0 saturated heterocycles. The maximum atomic E-state index is 6.43. The molecule has 0 fully saturated rings. The van der Waals surface area contributed by atoms with Gasteiger partial charge in [-0.3, -0.25) is 0 Å². The Labute approximate surface area is 170 Å². The summed E-state index contributed by atoms with van der Waals surface area (Å²) in [7, 11) is 0. The van der Waals surface area contributed by atoms with Gasteiger partial charge in [0.15, 0.2) is 0 Å². The van der Waals surface area contributed by atoms with Gasteiger partial charge in [-0.05, 0) is 57.7 Å². The molecule has 2 unspecified atom stereocenters. The van der Waals surface area contributed by atoms with Gasteiger partial charge in [0, 0.05) is 0 Å². The van der Waals surface area contributed by atoms with Crippen molar-refractivity contribution in [1.29, 1.82) is 0 Å². The summed E-state index contributed by atoms with van der Waals surface area (Å²) in [5, 5.41) is 0. The maximum Gasteiger partial charge on any atom is 0.116 e. The molecule has 150 valence electrons. The molecule has 0 aliphatic heterocycles. The van der Waals surface area contributed by atoms with Crippen molar-refractivity contribution in [2.45, 2.75) is 64.4 Å². The fraction of sp³-hybridized carbons (Fsp3) is 0.385. The van der Waals surface area contributed by atoms with Crippen LogP contribution < -0.4 is 0 Å². The van der Waals surface area contributed by atoms with Crippen LogP contribution in [0.2, 0.25) is 0 Å². The van der Waals surface area contributed by atoms with Gasteiger partial charge in [-0.25, -0.2) is 0 Å². The normalized spacial score (nSPS) is 15.1. The summed E-state index contributed by atoms with van der Waals surface area (Å²) in [6, 6.07) is 19.0. The number of hydrogen-bond donors (Lipinski definition) is 0. The molecule has 2 aromatic rings. The van der Waals surface area contributed by atoms with Crippen molar-refractivity contribution in [2.24, 2.45) is 0 Å². The summed E-state index contributed by atoms with van der Waals surface area (Å²) < 4.78 is 12.6. The third-order valence-electron chi connectivity index (χ3n) is 5.06. The number of rotatable bonds is 10. The SMILES string of the molecule is C=CC(C)(C=C)OC(C)Cc1cccc(C(C)(OC(C)C)c2ccccc2)c1. The van der Waals surface area contributed by atoms with E-state index in [2.05, 4.69) is 89.4 Å². The maximum absolute atomic E-state index is 6.43. The second kappa shape index (κ2) is 9.36. The van der Waals surface area contributed by atoms with Gasteiger partial charge in [-0.2, -0.15) is 0 Å². The highest BCUT2D eigenvalue weighted by Gasteiger charge is 2.31. The van der Waals surface area contributed by atoms with E-state index in [-0.39, 0.29) is 12.2 Å². The van der Waals surface area contributed by atoms with E-state index < -0.39 is 11.2 Å². The summed E-state index contributed by atoms with van der Waals surface area (Å²) >= 11 is 0. The molecule has 2 atom stereocenters. The van der Waals surface area contributed by atoms with Gasteiger partial charge in [0.05, 0.1) is 12.2 Å². The lowest BCUT2D eigenvalue weighted by Crippen LogP contribution is -2.31. The van der Waals surface area contributed by atoms with Crippen molar-refractivity contribution in [3.63, 3.8) is 0 Å². The van der Waals surface area contributed by atoms with Gasteiger partial charge in [-0.1, -0.05) is 79.9 Å². The first-order chi connectivity index (χ1) is 13.2. The minimum absolute atomic E-state index is 0.0326. The summed E-state index contributed by atoms with van der Waals surface area (Å²) in [6.45, 7) is 18.1. The number of ether oxygens (including phenoxy) is 2. The summed E-state index contributed by atoms with van der Waals surface area (Å²) in [4.78, 5) is 0. The van der Waals surface area contributed by atoms with E-state index in [4.69, 9.17) is 9.47 Å². The van der Waals surface area contributed by atoms with E-state index in [0.29, 0.717) is 0 Å². The van der Waals surface area contributed by atoms with Crippen molar-refractivity contribution < 1.29 is 9.47 Å². The predicted octanol–water partition coefficient (Wildman–Crippen LogP) is 6.45. The van der Waals surface area contributed by atoms with Crippen LogP contribution in [0.15, 0.2) is 79.9 Å². The molecule has 2 heteroatoms. The largest absolute Gasteiger partial charge is 0.364 e. The Morgan fingerprint density at radius 1 is 0.857 bits per heavy atom. The first-order valence-corrected chi connectivity index (χ1v) is 10.00. The average Bonchev–Trinajstić information content (AvgIpc) is 2.68. The van der Waals surface area contributed by atoms with E-state index in [1.807, 2.05) is 13.0 Å². The highest BCUT2D eigenvalue weighted by Crippen LogP contribution is 2.35. The Bertz CT molecular complexity index is 770. The van der Waals surface area contributed by atoms with Crippen molar-refractivity contribution in [2.75, 3.05) is 0 Å². The Morgan fingerprint density at radius 2 is 1.46 bits per heavy atom. The first-order valence-electron chi connectivity index (χ1n) is 10.00. The predicted molar refractivity (Wildman–Crippen MR) is 119 cm³/mol. The molecule has 2 nitrogen and oxygen atoms in total. The van der Waals surface area contributed by atoms with Crippen LogP contribution in [0.5, 0.6) is 0 Å². The third kappa shape index (κ3) is 5.43. The lowest BCUT2D eigenvalue weighted by atomic mass is 9.86. The highest BCUT2D eigenvalue weighted by molar-refractivity contribution is 5.38. The van der Waals surface area contributed by atoms with Gasteiger partial charge in [0.2, 0.25) is 0 Å². The molecule has 0 aliphatic rings. The van der Waals surface area contributed by atoms with Crippen LogP contribution in [0, 0.1) is 0 Å². The fourth-order valence-corrected chi connectivity index (χ4v) is 3.51. The minimum Gasteiger partial charge on any atom is -0.364 e. The van der Waals surface area contributed by atoms with Crippen molar-refractivity contribution in [3.05, 3.63) is 96.6 Å². The second-order valence-corrected chi connectivity index (χ2v) is 7.99. The molecule has 0 saturated carbocycles. The lowest BCUT2D eigenvalue weighted by Gasteiger charge is -2.34. The smallest absolute Gasteiger partial charge is 0.116 e. The molecule has 2 rings (SSSR count). The molecule has 0 radical (unpaired) electrons. The zero-order valence-electron chi connectivity index (χ0n) is 17.9. The van der Waals surface area contributed by atoms with Gasteiger partial charge in [-0.15, -0.1) is 0 Å². The van der Waals surface area contributed by atoms with Gasteiger partial charge < -0.3 is 9.47 Å². The van der Waals surface area contributed by atoms with Gasteiger partial charge >= 0.3 is 0 Å². The molecule has 28 heavy (non-hydrogen) atoms. The van der Waals surface area contributed by atoms with Gasteiger partial charge in [0.1, 0.15) is 11.2 Å². The molecular weight excluding hydrogens is 344 g/mol. The third-order valence-corrected chi connectivity index (χ3v) is 5.06. The van der Waals surface area contributed by atoms with Crippen LogP contribution in [0.4, 0.5) is 0 Å². The topological polar surface area (TPSA) is 18.5 Å². The van der Waals surface area contributed by atoms with Crippen LogP contribution in [-0.4, -0.2) is 17.8 Å². The number of hydrogen-bond acceptors (Lipinski definition) is 2. The second-order valence-electron chi connectivity index (χ2n) is 7.99. The first kappa shape index (κ1) is 22.1. The van der Waals surface area contributed by atoms with Crippen molar-refractivity contribution in [1.82, 2.24) is 0 Å². The molecule has 0 spiro atoms. The molecule has 0 N–H and O–H groups in total. The van der Waals surface area contributed by atoms with Crippen LogP contribution in [0.3, 0.4) is 0 Å². The standard InChI is InChI=1S/C26H34O2/c1-8-25(6,9-2)28-21(5)18-22-14-13-17-24(19-22)26(7,27-20(3)4)23-15-11-10-12-16-23/h8-17,19-21H,1-2,18H2,3-7H3. The molecule has 0 aromatic heterocycles. The summed E-state index contributed by atoms with van der Waals surface area (Å²) in [5.74, 6) is 0. The molecular formula is C26H34O2. The molecule has 0 aliphatic carbocycles. The Morgan fingerprint density at radius 3 is 2.04 bits per heavy atom. The molecule has 0 heterocycles. The van der Waals surface area contributed by atoms with Crippen LogP contribution in [0.25, 0.3) is 0 Å². The molecule has 0 bridgehead atoms. The Hall–Kier alpha value is -2.16. The quantitative estimate of drug-likeness (QED) is 0.442. The summed E-state index contributed by atoms with van der Waals surface area (Å²) in [6.07, 6.45) is 4.52. The number of benzene rings is 2. The van der Waals surface area contributed by atoms with Crippen LogP contribution >= 0.6 is 0 Å². The molecule has 0 amide bonds. The van der Waals surface area contributed by atoms with Crippen LogP contribution in [-0.2, 0) is 21.5 Å². The van der Waals surface area contributed by atoms with E-state index >= 15 is 0 Å². The lowest BCUT2D eigenvalue weighted by molar-refractivity contribution is -0.0445.